The minimum atomic E-state index is -0.116. The van der Waals surface area contributed by atoms with Crippen LogP contribution >= 0.6 is 15.9 Å². The lowest BCUT2D eigenvalue weighted by molar-refractivity contribution is 0.196. The molecule has 2 amide bonds. The number of amides is 2. The summed E-state index contributed by atoms with van der Waals surface area (Å²) in [4.78, 5) is 13.2. The molecule has 0 saturated carbocycles. The number of aliphatic hydroxyl groups is 1. The second kappa shape index (κ2) is 4.84. The maximum atomic E-state index is 11.5. The molecule has 5 heteroatoms. The van der Waals surface area contributed by atoms with Gasteiger partial charge in [-0.05, 0) is 11.6 Å². The third kappa shape index (κ3) is 2.20. The Morgan fingerprint density at radius 3 is 2.94 bits per heavy atom. The van der Waals surface area contributed by atoms with Gasteiger partial charge in [0.05, 0.1) is 12.6 Å². The van der Waals surface area contributed by atoms with Gasteiger partial charge >= 0.3 is 6.03 Å². The first kappa shape index (κ1) is 11.4. The largest absolute Gasteiger partial charge is 0.395 e. The highest BCUT2D eigenvalue weighted by Gasteiger charge is 2.29. The number of carbonyl (C=O) groups excluding carboxylic acids is 1. The fraction of sp³-hybridized carbons (Fsp3) is 0.364. The molecule has 86 valence electrons. The van der Waals surface area contributed by atoms with Gasteiger partial charge in [-0.2, -0.15) is 0 Å². The lowest BCUT2D eigenvalue weighted by Gasteiger charge is -2.13. The van der Waals surface area contributed by atoms with Crippen LogP contribution in [0.1, 0.15) is 11.6 Å². The summed E-state index contributed by atoms with van der Waals surface area (Å²) >= 11 is 3.47. The Morgan fingerprint density at radius 1 is 1.50 bits per heavy atom. The van der Waals surface area contributed by atoms with E-state index < -0.39 is 0 Å². The number of aliphatic hydroxyl groups excluding tert-OH is 1. The van der Waals surface area contributed by atoms with Gasteiger partial charge in [0, 0.05) is 17.6 Å². The molecule has 2 N–H and O–H groups in total. The van der Waals surface area contributed by atoms with E-state index >= 15 is 0 Å². The van der Waals surface area contributed by atoms with Gasteiger partial charge in [-0.3, -0.25) is 0 Å². The second-order valence-electron chi connectivity index (χ2n) is 3.69. The summed E-state index contributed by atoms with van der Waals surface area (Å²) < 4.78 is 0.992. The predicted octanol–water partition coefficient (Wildman–Crippen LogP) is 1.51. The molecule has 0 spiro atoms. The van der Waals surface area contributed by atoms with Gasteiger partial charge in [-0.15, -0.1) is 0 Å². The molecule has 0 bridgehead atoms. The highest BCUT2D eigenvalue weighted by molar-refractivity contribution is 9.10. The van der Waals surface area contributed by atoms with Crippen LogP contribution in [0.15, 0.2) is 28.7 Å². The summed E-state index contributed by atoms with van der Waals surface area (Å²) in [7, 11) is 0. The van der Waals surface area contributed by atoms with Crippen molar-refractivity contribution in [2.24, 2.45) is 0 Å². The summed E-state index contributed by atoms with van der Waals surface area (Å²) in [6.45, 7) is 0.977. The number of hydrogen-bond acceptors (Lipinski definition) is 2. The molecule has 1 atom stereocenters. The molecular formula is C11H13BrN2O2. The fourth-order valence-corrected chi connectivity index (χ4v) is 2.40. The molecule has 0 aliphatic carbocycles. The first-order valence-electron chi connectivity index (χ1n) is 5.13. The average Bonchev–Trinajstić information content (AvgIpc) is 2.61. The van der Waals surface area contributed by atoms with E-state index in [-0.39, 0.29) is 18.7 Å². The number of nitrogens with zero attached hydrogens (tertiary/aromatic N) is 1. The van der Waals surface area contributed by atoms with E-state index in [2.05, 4.69) is 21.2 Å². The first-order valence-corrected chi connectivity index (χ1v) is 5.92. The van der Waals surface area contributed by atoms with Crippen LogP contribution in [0.4, 0.5) is 4.79 Å². The van der Waals surface area contributed by atoms with Crippen LogP contribution < -0.4 is 5.32 Å². The number of carbonyl (C=O) groups is 1. The molecule has 1 saturated heterocycles. The number of rotatable bonds is 3. The highest BCUT2D eigenvalue weighted by Crippen LogP contribution is 2.26. The quantitative estimate of drug-likeness (QED) is 0.884. The zero-order valence-corrected chi connectivity index (χ0v) is 10.3. The van der Waals surface area contributed by atoms with E-state index in [0.717, 1.165) is 10.0 Å². The van der Waals surface area contributed by atoms with Crippen molar-refractivity contribution in [1.29, 1.82) is 0 Å². The van der Waals surface area contributed by atoms with Gasteiger partial charge < -0.3 is 15.3 Å². The molecule has 0 radical (unpaired) electrons. The highest BCUT2D eigenvalue weighted by atomic mass is 79.9. The molecule has 1 aliphatic rings. The minimum absolute atomic E-state index is 0.00387. The van der Waals surface area contributed by atoms with Gasteiger partial charge in [-0.1, -0.05) is 34.1 Å². The molecule has 1 unspecified atom stereocenters. The lowest BCUT2D eigenvalue weighted by atomic mass is 10.1. The molecule has 1 aliphatic heterocycles. The standard InChI is InChI=1S/C11H13BrN2O2/c12-9-4-2-1-3-8(9)10-7-14(5-6-15)11(16)13-10/h1-4,10,15H,5-7H2,(H,13,16). The van der Waals surface area contributed by atoms with E-state index in [1.165, 1.54) is 0 Å². The van der Waals surface area contributed by atoms with Gasteiger partial charge in [0.15, 0.2) is 0 Å². The lowest BCUT2D eigenvalue weighted by Crippen LogP contribution is -2.30. The predicted molar refractivity (Wildman–Crippen MR) is 64.1 cm³/mol. The monoisotopic (exact) mass is 284 g/mol. The molecule has 1 aromatic rings. The third-order valence-corrected chi connectivity index (χ3v) is 3.36. The first-order chi connectivity index (χ1) is 7.72. The Balaban J connectivity index is 2.14. The molecule has 1 heterocycles. The van der Waals surface area contributed by atoms with Crippen LogP contribution in [-0.2, 0) is 0 Å². The third-order valence-electron chi connectivity index (χ3n) is 2.64. The molecule has 0 aromatic heterocycles. The van der Waals surface area contributed by atoms with Crippen LogP contribution in [0.2, 0.25) is 0 Å². The zero-order chi connectivity index (χ0) is 11.5. The van der Waals surface area contributed by atoms with Crippen molar-refractivity contribution >= 4 is 22.0 Å². The van der Waals surface area contributed by atoms with E-state index in [4.69, 9.17) is 5.11 Å². The minimum Gasteiger partial charge on any atom is -0.395 e. The summed E-state index contributed by atoms with van der Waals surface area (Å²) in [5, 5.41) is 11.7. The SMILES string of the molecule is O=C1NC(c2ccccc2Br)CN1CCO. The van der Waals surface area contributed by atoms with Gasteiger partial charge in [-0.25, -0.2) is 4.79 Å². The van der Waals surface area contributed by atoms with Crippen molar-refractivity contribution in [1.82, 2.24) is 10.2 Å². The van der Waals surface area contributed by atoms with Crippen molar-refractivity contribution in [3.8, 4) is 0 Å². The number of halogens is 1. The number of urea groups is 1. The average molecular weight is 285 g/mol. The van der Waals surface area contributed by atoms with Crippen molar-refractivity contribution < 1.29 is 9.90 Å². The van der Waals surface area contributed by atoms with Crippen molar-refractivity contribution in [2.45, 2.75) is 6.04 Å². The van der Waals surface area contributed by atoms with Crippen LogP contribution in [-0.4, -0.2) is 35.7 Å². The van der Waals surface area contributed by atoms with Crippen molar-refractivity contribution in [3.05, 3.63) is 34.3 Å². The van der Waals surface area contributed by atoms with E-state index in [9.17, 15) is 4.79 Å². The zero-order valence-electron chi connectivity index (χ0n) is 8.69. The summed E-state index contributed by atoms with van der Waals surface area (Å²) in [6, 6.07) is 7.70. The Kier molecular flexibility index (Phi) is 3.46. The topological polar surface area (TPSA) is 52.6 Å². The van der Waals surface area contributed by atoms with Crippen LogP contribution in [0, 0.1) is 0 Å². The Labute approximate surface area is 102 Å². The van der Waals surface area contributed by atoms with Crippen LogP contribution in [0.3, 0.4) is 0 Å². The molecular weight excluding hydrogens is 272 g/mol. The Hall–Kier alpha value is -1.07. The Morgan fingerprint density at radius 2 is 2.25 bits per heavy atom. The van der Waals surface area contributed by atoms with E-state index in [1.54, 1.807) is 4.90 Å². The fourth-order valence-electron chi connectivity index (χ4n) is 1.84. The number of benzene rings is 1. The number of hydrogen-bond donors (Lipinski definition) is 2. The van der Waals surface area contributed by atoms with E-state index in [1.807, 2.05) is 24.3 Å². The number of β-amino-alcohol motifs (C(OH)–C–C–N with tert-alkyl or cyclic N) is 1. The second-order valence-corrected chi connectivity index (χ2v) is 4.55. The maximum absolute atomic E-state index is 11.5. The van der Waals surface area contributed by atoms with Gasteiger partial charge in [0.25, 0.3) is 0 Å². The van der Waals surface area contributed by atoms with Gasteiger partial charge in [0.1, 0.15) is 0 Å². The summed E-state index contributed by atoms with van der Waals surface area (Å²) in [5.41, 5.74) is 1.07. The van der Waals surface area contributed by atoms with Crippen molar-refractivity contribution in [2.75, 3.05) is 19.7 Å². The smallest absolute Gasteiger partial charge is 0.318 e. The summed E-state index contributed by atoms with van der Waals surface area (Å²) in [5.74, 6) is 0. The summed E-state index contributed by atoms with van der Waals surface area (Å²) in [6.07, 6.45) is 0. The van der Waals surface area contributed by atoms with Gasteiger partial charge in [0.2, 0.25) is 0 Å². The van der Waals surface area contributed by atoms with Crippen LogP contribution in [0.5, 0.6) is 0 Å². The molecule has 4 nitrogen and oxygen atoms in total. The molecule has 2 rings (SSSR count). The normalized spacial score (nSPS) is 20.0. The molecule has 1 aromatic carbocycles. The Bertz CT molecular complexity index is 397. The van der Waals surface area contributed by atoms with E-state index in [0.29, 0.717) is 13.1 Å². The maximum Gasteiger partial charge on any atom is 0.318 e. The molecule has 16 heavy (non-hydrogen) atoms. The number of nitrogens with one attached hydrogen (secondary N) is 1. The molecule has 1 fully saturated rings. The van der Waals surface area contributed by atoms with Crippen LogP contribution in [0.25, 0.3) is 0 Å². The van der Waals surface area contributed by atoms with Crippen molar-refractivity contribution in [3.63, 3.8) is 0 Å².